The Morgan fingerprint density at radius 3 is 1.55 bits per heavy atom. The molecule has 67 heavy (non-hydrogen) atoms. The number of aliphatic hydroxyl groups excluding tert-OH is 8. The highest BCUT2D eigenvalue weighted by atomic mass is 16.7. The minimum absolute atomic E-state index is 0.221. The first-order valence-electron chi connectivity index (χ1n) is 27.1. The van der Waals surface area contributed by atoms with Crippen LogP contribution in [-0.4, -0.2) is 140 Å². The second-order valence-corrected chi connectivity index (χ2v) is 19.4. The Balaban J connectivity index is 1.79. The van der Waals surface area contributed by atoms with Gasteiger partial charge in [0.25, 0.3) is 0 Å². The van der Waals surface area contributed by atoms with Gasteiger partial charge in [-0.1, -0.05) is 192 Å². The summed E-state index contributed by atoms with van der Waals surface area (Å²) in [6.07, 6.45) is 27.5. The van der Waals surface area contributed by atoms with Gasteiger partial charge in [0.2, 0.25) is 5.91 Å². The highest BCUT2D eigenvalue weighted by Gasteiger charge is 2.51. The zero-order chi connectivity index (χ0) is 48.9. The summed E-state index contributed by atoms with van der Waals surface area (Å²) >= 11 is 0. The van der Waals surface area contributed by atoms with Crippen LogP contribution in [-0.2, 0) is 23.7 Å². The molecule has 12 unspecified atom stereocenters. The molecule has 14 nitrogen and oxygen atoms in total. The quantitative estimate of drug-likeness (QED) is 0.0211. The van der Waals surface area contributed by atoms with Gasteiger partial charge in [-0.3, -0.25) is 4.79 Å². The lowest BCUT2D eigenvalue weighted by atomic mass is 9.97. The predicted octanol–water partition coefficient (Wildman–Crippen LogP) is 7.72. The van der Waals surface area contributed by atoms with Crippen LogP contribution in [0.25, 0.3) is 0 Å². The summed E-state index contributed by atoms with van der Waals surface area (Å²) in [5, 5.41) is 87.0. The van der Waals surface area contributed by atoms with Crippen molar-refractivity contribution in [3.63, 3.8) is 0 Å². The first-order chi connectivity index (χ1) is 32.6. The summed E-state index contributed by atoms with van der Waals surface area (Å²) in [6.45, 7) is 2.79. The van der Waals surface area contributed by atoms with E-state index < -0.39 is 86.8 Å². The van der Waals surface area contributed by atoms with Gasteiger partial charge in [0, 0.05) is 6.42 Å². The van der Waals surface area contributed by atoms with Crippen LogP contribution in [0, 0.1) is 0 Å². The number of nitrogens with one attached hydrogen (secondary N) is 1. The smallest absolute Gasteiger partial charge is 0.220 e. The van der Waals surface area contributed by atoms with Crippen molar-refractivity contribution in [2.45, 2.75) is 286 Å². The number of rotatable bonds is 42. The summed E-state index contributed by atoms with van der Waals surface area (Å²) < 4.78 is 22.8. The summed E-state index contributed by atoms with van der Waals surface area (Å²) in [4.78, 5) is 13.2. The third-order valence-electron chi connectivity index (χ3n) is 13.4. The van der Waals surface area contributed by atoms with Crippen LogP contribution in [0.15, 0.2) is 24.3 Å². The molecule has 2 heterocycles. The fourth-order valence-electron chi connectivity index (χ4n) is 8.98. The minimum Gasteiger partial charge on any atom is -0.394 e. The Morgan fingerprint density at radius 1 is 0.537 bits per heavy atom. The van der Waals surface area contributed by atoms with E-state index in [0.717, 1.165) is 77.0 Å². The molecule has 2 fully saturated rings. The number of carbonyl (C=O) groups excluding carboxylic acids is 1. The van der Waals surface area contributed by atoms with Crippen molar-refractivity contribution < 1.29 is 64.6 Å². The second kappa shape index (κ2) is 40.1. The molecule has 2 aliphatic rings. The molecule has 2 saturated heterocycles. The summed E-state index contributed by atoms with van der Waals surface area (Å²) in [5.74, 6) is -0.221. The van der Waals surface area contributed by atoms with E-state index in [0.29, 0.717) is 12.8 Å². The monoisotopic (exact) mass is 958 g/mol. The molecule has 394 valence electrons. The van der Waals surface area contributed by atoms with E-state index in [9.17, 15) is 45.6 Å². The minimum atomic E-state index is -1.78. The second-order valence-electron chi connectivity index (χ2n) is 19.4. The van der Waals surface area contributed by atoms with Crippen molar-refractivity contribution in [1.29, 1.82) is 0 Å². The molecular weight excluding hydrogens is 859 g/mol. The van der Waals surface area contributed by atoms with E-state index in [4.69, 9.17) is 18.9 Å². The molecule has 0 aromatic rings. The van der Waals surface area contributed by atoms with E-state index >= 15 is 0 Å². The highest BCUT2D eigenvalue weighted by Crippen LogP contribution is 2.30. The molecule has 0 saturated carbocycles. The fraction of sp³-hybridized carbons (Fsp3) is 0.906. The van der Waals surface area contributed by atoms with Gasteiger partial charge >= 0.3 is 0 Å². The zero-order valence-corrected chi connectivity index (χ0v) is 41.9. The molecule has 0 bridgehead atoms. The summed E-state index contributed by atoms with van der Waals surface area (Å²) in [6, 6.07) is -0.833. The van der Waals surface area contributed by atoms with Crippen molar-refractivity contribution in [3.8, 4) is 0 Å². The van der Waals surface area contributed by atoms with Crippen LogP contribution in [0.4, 0.5) is 0 Å². The molecule has 1 amide bonds. The number of hydrogen-bond donors (Lipinski definition) is 9. The molecule has 14 heteroatoms. The normalized spacial score (nSPS) is 26.7. The lowest BCUT2D eigenvalue weighted by Crippen LogP contribution is -2.65. The van der Waals surface area contributed by atoms with Crippen molar-refractivity contribution in [2.24, 2.45) is 0 Å². The number of carbonyl (C=O) groups is 1. The van der Waals surface area contributed by atoms with Crippen molar-refractivity contribution in [3.05, 3.63) is 24.3 Å². The van der Waals surface area contributed by atoms with Crippen LogP contribution in [0.2, 0.25) is 0 Å². The van der Waals surface area contributed by atoms with Crippen LogP contribution in [0.1, 0.15) is 213 Å². The van der Waals surface area contributed by atoms with Crippen molar-refractivity contribution in [2.75, 3.05) is 19.8 Å². The van der Waals surface area contributed by atoms with Crippen molar-refractivity contribution >= 4 is 5.91 Å². The largest absolute Gasteiger partial charge is 0.394 e. The van der Waals surface area contributed by atoms with Gasteiger partial charge in [-0.2, -0.15) is 0 Å². The molecule has 12 atom stereocenters. The lowest BCUT2D eigenvalue weighted by molar-refractivity contribution is -0.359. The van der Waals surface area contributed by atoms with Gasteiger partial charge in [-0.25, -0.2) is 0 Å². The SMILES string of the molecule is CCC/C=C\C/C=C\CCCCCCCC(=O)NC(COC1OC(CO)C(OC2OC(CO)C(O)C(O)C2O)C(O)C1O)C(O)CCCCCCCCCCCCCCCCCCCCCC. The number of unbranched alkanes of at least 4 members (excludes halogenated alkanes) is 25. The van der Waals surface area contributed by atoms with Gasteiger partial charge < -0.3 is 65.1 Å². The molecular formula is C53H99NO13. The van der Waals surface area contributed by atoms with Gasteiger partial charge in [0.1, 0.15) is 48.8 Å². The first kappa shape index (κ1) is 61.6. The molecule has 0 radical (unpaired) electrons. The topological polar surface area (TPSA) is 228 Å². The van der Waals surface area contributed by atoms with E-state index in [1.165, 1.54) is 103 Å². The molecule has 0 spiro atoms. The number of ether oxygens (including phenoxy) is 4. The highest BCUT2D eigenvalue weighted by molar-refractivity contribution is 5.76. The number of hydrogen-bond acceptors (Lipinski definition) is 13. The Kier molecular flexibility index (Phi) is 36.9. The Bertz CT molecular complexity index is 1220. The van der Waals surface area contributed by atoms with Gasteiger partial charge in [-0.15, -0.1) is 0 Å². The zero-order valence-electron chi connectivity index (χ0n) is 41.9. The third-order valence-corrected chi connectivity index (χ3v) is 13.4. The maximum Gasteiger partial charge on any atom is 0.220 e. The van der Waals surface area contributed by atoms with E-state index in [1.54, 1.807) is 0 Å². The Labute approximate surface area is 405 Å². The van der Waals surface area contributed by atoms with E-state index in [1.807, 2.05) is 0 Å². The van der Waals surface area contributed by atoms with E-state index in [2.05, 4.69) is 43.5 Å². The Morgan fingerprint density at radius 2 is 1.01 bits per heavy atom. The number of allylic oxidation sites excluding steroid dienone is 4. The molecule has 2 aliphatic heterocycles. The van der Waals surface area contributed by atoms with Crippen LogP contribution in [0.3, 0.4) is 0 Å². The standard InChI is InChI=1S/C53H99NO13/c1-3-5-7-9-11-13-15-17-18-19-20-21-22-23-25-26-28-30-32-34-36-42(57)41(54-45(58)37-35-33-31-29-27-24-16-14-12-10-8-6-4-2)40-64-52-50(63)48(61)51(44(39-56)66-52)67-53-49(62)47(60)46(59)43(38-55)65-53/h8,10,14,16,41-44,46-53,55-57,59-63H,3-7,9,11-13,15,17-40H2,1-2H3,(H,54,58)/b10-8-,16-14-. The van der Waals surface area contributed by atoms with Crippen molar-refractivity contribution in [1.82, 2.24) is 5.32 Å². The maximum atomic E-state index is 13.2. The molecule has 0 aromatic heterocycles. The van der Waals surface area contributed by atoms with Gasteiger partial charge in [0.15, 0.2) is 12.6 Å². The average Bonchev–Trinajstić information content (AvgIpc) is 3.32. The third kappa shape index (κ3) is 27.0. The molecule has 0 aromatic carbocycles. The molecule has 2 rings (SSSR count). The lowest BCUT2D eigenvalue weighted by Gasteiger charge is -2.46. The first-order valence-corrected chi connectivity index (χ1v) is 27.1. The van der Waals surface area contributed by atoms with E-state index in [-0.39, 0.29) is 18.9 Å². The van der Waals surface area contributed by atoms with Gasteiger partial charge in [0.05, 0.1) is 32.0 Å². The Hall–Kier alpha value is -1.53. The molecule has 0 aliphatic carbocycles. The summed E-state index contributed by atoms with van der Waals surface area (Å²) in [5.41, 5.74) is 0. The maximum absolute atomic E-state index is 13.2. The fourth-order valence-corrected chi connectivity index (χ4v) is 8.98. The number of amides is 1. The van der Waals surface area contributed by atoms with Crippen LogP contribution < -0.4 is 5.32 Å². The van der Waals surface area contributed by atoms with Crippen LogP contribution >= 0.6 is 0 Å². The number of aliphatic hydroxyl groups is 8. The molecule has 9 N–H and O–H groups in total. The predicted molar refractivity (Wildman–Crippen MR) is 263 cm³/mol. The average molecular weight is 958 g/mol. The van der Waals surface area contributed by atoms with Crippen LogP contribution in [0.5, 0.6) is 0 Å². The summed E-state index contributed by atoms with van der Waals surface area (Å²) in [7, 11) is 0. The van der Waals surface area contributed by atoms with Gasteiger partial charge in [-0.05, 0) is 38.5 Å².